The third kappa shape index (κ3) is 5.97. The van der Waals surface area contributed by atoms with Crippen LogP contribution in [0.1, 0.15) is 84.1 Å². The zero-order valence-corrected chi connectivity index (χ0v) is 19.1. The van der Waals surface area contributed by atoms with Crippen LogP contribution >= 0.6 is 0 Å². The van der Waals surface area contributed by atoms with Crippen LogP contribution in [0, 0.1) is 0 Å². The molecule has 1 aliphatic carbocycles. The van der Waals surface area contributed by atoms with E-state index in [2.05, 4.69) is 47.9 Å². The topological polar surface area (TPSA) is 15.7 Å². The summed E-state index contributed by atoms with van der Waals surface area (Å²) in [6.07, 6.45) is 9.27. The molecule has 2 fully saturated rings. The number of piperazine rings is 1. The highest BCUT2D eigenvalue weighted by Gasteiger charge is 2.30. The summed E-state index contributed by atoms with van der Waals surface area (Å²) in [5.41, 5.74) is 1.42. The zero-order valence-electron chi connectivity index (χ0n) is 19.1. The molecular formula is C25H44N2O. The molecule has 3 nitrogen and oxygen atoms in total. The van der Waals surface area contributed by atoms with Crippen molar-refractivity contribution in [2.75, 3.05) is 33.3 Å². The molecule has 3 heteroatoms. The van der Waals surface area contributed by atoms with E-state index in [1.54, 1.807) is 7.11 Å². The fraction of sp³-hybridized carbons (Fsp3) is 0.760. The molecule has 2 aliphatic rings. The fourth-order valence-electron chi connectivity index (χ4n) is 5.20. The second-order valence-electron chi connectivity index (χ2n) is 8.17. The summed E-state index contributed by atoms with van der Waals surface area (Å²) in [5.74, 6) is 1.75. The van der Waals surface area contributed by atoms with Crippen LogP contribution in [0.4, 0.5) is 0 Å². The van der Waals surface area contributed by atoms with Gasteiger partial charge in [0.2, 0.25) is 0 Å². The molecule has 28 heavy (non-hydrogen) atoms. The third-order valence-electron chi connectivity index (χ3n) is 6.75. The molecule has 1 aromatic carbocycles. The lowest BCUT2D eigenvalue weighted by Crippen LogP contribution is -2.53. The molecule has 1 aromatic rings. The van der Waals surface area contributed by atoms with Gasteiger partial charge >= 0.3 is 0 Å². The summed E-state index contributed by atoms with van der Waals surface area (Å²) in [7, 11) is 1.80. The quantitative estimate of drug-likeness (QED) is 0.574. The Labute approximate surface area is 174 Å². The number of hydrogen-bond donors (Lipinski definition) is 0. The van der Waals surface area contributed by atoms with Crippen molar-refractivity contribution in [3.05, 3.63) is 29.8 Å². The molecule has 160 valence electrons. The second-order valence-corrected chi connectivity index (χ2v) is 8.17. The Balaban J connectivity index is 0.00000136. The van der Waals surface area contributed by atoms with E-state index >= 15 is 0 Å². The van der Waals surface area contributed by atoms with Crippen LogP contribution in [-0.4, -0.2) is 55.2 Å². The van der Waals surface area contributed by atoms with Gasteiger partial charge in [-0.15, -0.1) is 0 Å². The highest BCUT2D eigenvalue weighted by atomic mass is 16.5. The number of benzene rings is 1. The van der Waals surface area contributed by atoms with Gasteiger partial charge in [0.1, 0.15) is 5.75 Å². The maximum absolute atomic E-state index is 5.59. The highest BCUT2D eigenvalue weighted by Crippen LogP contribution is 2.38. The van der Waals surface area contributed by atoms with E-state index in [9.17, 15) is 0 Å². The second kappa shape index (κ2) is 12.5. The van der Waals surface area contributed by atoms with Crippen LogP contribution in [0.3, 0.4) is 0 Å². The van der Waals surface area contributed by atoms with Crippen LogP contribution in [-0.2, 0) is 0 Å². The highest BCUT2D eigenvalue weighted by molar-refractivity contribution is 5.36. The average molecular weight is 389 g/mol. The Kier molecular flexibility index (Phi) is 10.4. The number of para-hydroxylation sites is 1. The molecule has 0 amide bonds. The van der Waals surface area contributed by atoms with E-state index in [-0.39, 0.29) is 0 Å². The maximum Gasteiger partial charge on any atom is 0.122 e. The Morgan fingerprint density at radius 3 is 2.18 bits per heavy atom. The van der Waals surface area contributed by atoms with Crippen molar-refractivity contribution >= 4 is 0 Å². The first kappa shape index (κ1) is 23.2. The number of ether oxygens (including phenoxy) is 1. The monoisotopic (exact) mass is 388 g/mol. The maximum atomic E-state index is 5.59. The van der Waals surface area contributed by atoms with Crippen molar-refractivity contribution in [3.63, 3.8) is 0 Å². The van der Waals surface area contributed by atoms with Gasteiger partial charge in [-0.3, -0.25) is 9.80 Å². The van der Waals surface area contributed by atoms with E-state index in [4.69, 9.17) is 4.74 Å². The predicted molar refractivity (Wildman–Crippen MR) is 121 cm³/mol. The SMILES string of the molecule is CC.CCCC(CC)N1CCN(C2CCC(c3ccccc3OC)CC2)CC1. The lowest BCUT2D eigenvalue weighted by Gasteiger charge is -2.44. The van der Waals surface area contributed by atoms with Crippen LogP contribution in [0.5, 0.6) is 5.75 Å². The molecule has 0 aromatic heterocycles. The summed E-state index contributed by atoms with van der Waals surface area (Å²) in [5, 5.41) is 0. The Hall–Kier alpha value is -1.06. The zero-order chi connectivity index (χ0) is 20.4. The average Bonchev–Trinajstić information content (AvgIpc) is 2.79. The lowest BCUT2D eigenvalue weighted by atomic mass is 9.80. The Morgan fingerprint density at radius 2 is 1.61 bits per heavy atom. The standard InChI is InChI=1S/C23H38N2O.C2H6/c1-4-8-20(5-2)24-15-17-25(18-16-24)21-13-11-19(12-14-21)22-9-6-7-10-23(22)26-3;1-2/h6-7,9-10,19-21H,4-5,8,11-18H2,1-3H3;1-2H3. The third-order valence-corrected chi connectivity index (χ3v) is 6.75. The van der Waals surface area contributed by atoms with E-state index in [0.29, 0.717) is 5.92 Å². The summed E-state index contributed by atoms with van der Waals surface area (Å²) in [4.78, 5) is 5.54. The van der Waals surface area contributed by atoms with Crippen molar-refractivity contribution in [1.82, 2.24) is 9.80 Å². The van der Waals surface area contributed by atoms with E-state index < -0.39 is 0 Å². The molecule has 1 saturated heterocycles. The van der Waals surface area contributed by atoms with Crippen LogP contribution in [0.25, 0.3) is 0 Å². The number of hydrogen-bond acceptors (Lipinski definition) is 3. The first-order valence-electron chi connectivity index (χ1n) is 11.9. The van der Waals surface area contributed by atoms with Gasteiger partial charge in [-0.1, -0.05) is 52.3 Å². The minimum Gasteiger partial charge on any atom is -0.496 e. The predicted octanol–water partition coefficient (Wildman–Crippen LogP) is 5.94. The minimum atomic E-state index is 0.678. The van der Waals surface area contributed by atoms with Crippen molar-refractivity contribution in [1.29, 1.82) is 0 Å². The summed E-state index contributed by atoms with van der Waals surface area (Å²) < 4.78 is 5.59. The summed E-state index contributed by atoms with van der Waals surface area (Å²) >= 11 is 0. The van der Waals surface area contributed by atoms with Crippen LogP contribution in [0.2, 0.25) is 0 Å². The van der Waals surface area contributed by atoms with E-state index in [0.717, 1.165) is 17.8 Å². The van der Waals surface area contributed by atoms with Crippen molar-refractivity contribution in [2.45, 2.75) is 90.6 Å². The molecule has 0 radical (unpaired) electrons. The van der Waals surface area contributed by atoms with Gasteiger partial charge in [0.05, 0.1) is 7.11 Å². The Bertz CT molecular complexity index is 531. The first-order chi connectivity index (χ1) is 13.8. The van der Waals surface area contributed by atoms with Crippen molar-refractivity contribution < 1.29 is 4.74 Å². The molecule has 1 heterocycles. The normalized spacial score (nSPS) is 24.9. The number of nitrogens with zero attached hydrogens (tertiary/aromatic N) is 2. The number of methoxy groups -OCH3 is 1. The first-order valence-corrected chi connectivity index (χ1v) is 11.9. The molecule has 0 bridgehead atoms. The minimum absolute atomic E-state index is 0.678. The van der Waals surface area contributed by atoms with E-state index in [1.807, 2.05) is 13.8 Å². The fourth-order valence-corrected chi connectivity index (χ4v) is 5.20. The molecule has 0 spiro atoms. The lowest BCUT2D eigenvalue weighted by molar-refractivity contribution is 0.0508. The van der Waals surface area contributed by atoms with Gasteiger partial charge in [0.15, 0.2) is 0 Å². The van der Waals surface area contributed by atoms with Crippen molar-refractivity contribution in [2.24, 2.45) is 0 Å². The van der Waals surface area contributed by atoms with Crippen LogP contribution < -0.4 is 4.74 Å². The van der Waals surface area contributed by atoms with E-state index in [1.165, 1.54) is 76.7 Å². The van der Waals surface area contributed by atoms with Crippen LogP contribution in [0.15, 0.2) is 24.3 Å². The van der Waals surface area contributed by atoms with Gasteiger partial charge in [0, 0.05) is 38.3 Å². The molecule has 1 unspecified atom stereocenters. The largest absolute Gasteiger partial charge is 0.496 e. The van der Waals surface area contributed by atoms with Crippen molar-refractivity contribution in [3.8, 4) is 5.75 Å². The van der Waals surface area contributed by atoms with Gasteiger partial charge in [0.25, 0.3) is 0 Å². The Morgan fingerprint density at radius 1 is 0.964 bits per heavy atom. The van der Waals surface area contributed by atoms with Gasteiger partial charge < -0.3 is 4.74 Å². The molecular weight excluding hydrogens is 344 g/mol. The number of rotatable bonds is 7. The smallest absolute Gasteiger partial charge is 0.122 e. The van der Waals surface area contributed by atoms with Gasteiger partial charge in [-0.25, -0.2) is 0 Å². The van der Waals surface area contributed by atoms with Gasteiger partial charge in [-0.2, -0.15) is 0 Å². The molecule has 1 atom stereocenters. The molecule has 0 N–H and O–H groups in total. The summed E-state index contributed by atoms with van der Waals surface area (Å²) in [6.45, 7) is 13.7. The molecule has 1 aliphatic heterocycles. The molecule has 3 rings (SSSR count). The molecule has 1 saturated carbocycles. The summed E-state index contributed by atoms with van der Waals surface area (Å²) in [6, 6.07) is 10.2. The van der Waals surface area contributed by atoms with Gasteiger partial charge in [-0.05, 0) is 56.1 Å².